The Bertz CT molecular complexity index is 863. The van der Waals surface area contributed by atoms with E-state index in [0.717, 1.165) is 32.1 Å². The smallest absolute Gasteiger partial charge is 0.232 e. The van der Waals surface area contributed by atoms with Crippen molar-refractivity contribution in [3.63, 3.8) is 0 Å². The number of anilines is 1. The van der Waals surface area contributed by atoms with Gasteiger partial charge in [-0.05, 0) is 37.5 Å². The molecular weight excluding hydrogens is 518 g/mol. The van der Waals surface area contributed by atoms with E-state index in [1.165, 1.54) is 12.1 Å². The quantitative estimate of drug-likeness (QED) is 0.0760. The summed E-state index contributed by atoms with van der Waals surface area (Å²) in [4.78, 5) is 25.0. The number of nitrogens with one attached hydrogen (secondary N) is 2. The summed E-state index contributed by atoms with van der Waals surface area (Å²) in [5.41, 5.74) is 5.48. The van der Waals surface area contributed by atoms with Crippen LogP contribution in [0.1, 0.15) is 87.9 Å². The number of benzene rings is 1. The lowest BCUT2D eigenvalue weighted by Crippen LogP contribution is -2.21. The first kappa shape index (κ1) is 30.6. The van der Waals surface area contributed by atoms with Crippen molar-refractivity contribution in [2.24, 2.45) is 5.73 Å². The van der Waals surface area contributed by atoms with Crippen LogP contribution in [-0.4, -0.2) is 31.6 Å². The molecule has 0 heterocycles. The fraction of sp³-hybridized carbons (Fsp3) is 0.591. The number of amidine groups is 1. The summed E-state index contributed by atoms with van der Waals surface area (Å²) in [5.74, 6) is -1.18. The van der Waals surface area contributed by atoms with Crippen LogP contribution in [0, 0.1) is 5.41 Å². The van der Waals surface area contributed by atoms with E-state index in [-0.39, 0.29) is 41.7 Å². The van der Waals surface area contributed by atoms with Gasteiger partial charge >= 0.3 is 0 Å². The van der Waals surface area contributed by atoms with Crippen LogP contribution in [0.3, 0.4) is 0 Å². The number of hydrogen-bond acceptors (Lipinski definition) is 5. The van der Waals surface area contributed by atoms with Crippen LogP contribution in [0.5, 0.6) is 0 Å². The second-order valence-electron chi connectivity index (χ2n) is 7.72. The number of nitrogens with two attached hydrogens (primary N) is 1. The van der Waals surface area contributed by atoms with Gasteiger partial charge in [-0.1, -0.05) is 61.4 Å². The summed E-state index contributed by atoms with van der Waals surface area (Å²) in [6.45, 7) is 2.13. The SMILES string of the molecule is CCCCCCCCS(=O)(=O)Nc1ccc(Br)cc1C(=O)C(=O)CCCCCC(=N)N.Cl. The van der Waals surface area contributed by atoms with Crippen LogP contribution in [0.4, 0.5) is 5.69 Å². The van der Waals surface area contributed by atoms with Gasteiger partial charge in [-0.3, -0.25) is 19.7 Å². The first-order chi connectivity index (χ1) is 14.7. The highest BCUT2D eigenvalue weighted by atomic mass is 79.9. The van der Waals surface area contributed by atoms with Crippen molar-refractivity contribution in [1.82, 2.24) is 0 Å². The molecule has 0 amide bonds. The Morgan fingerprint density at radius 2 is 1.59 bits per heavy atom. The second-order valence-corrected chi connectivity index (χ2v) is 10.5. The maximum Gasteiger partial charge on any atom is 0.232 e. The minimum atomic E-state index is -3.62. The minimum absolute atomic E-state index is 0. The highest BCUT2D eigenvalue weighted by Gasteiger charge is 2.22. The van der Waals surface area contributed by atoms with Gasteiger partial charge in [0.1, 0.15) is 0 Å². The molecule has 0 atom stereocenters. The van der Waals surface area contributed by atoms with E-state index in [1.807, 2.05) is 0 Å². The molecule has 0 saturated heterocycles. The van der Waals surface area contributed by atoms with Crippen LogP contribution < -0.4 is 10.5 Å². The van der Waals surface area contributed by atoms with Crippen LogP contribution >= 0.6 is 28.3 Å². The van der Waals surface area contributed by atoms with E-state index in [1.54, 1.807) is 6.07 Å². The van der Waals surface area contributed by atoms with Crippen molar-refractivity contribution in [2.75, 3.05) is 10.5 Å². The van der Waals surface area contributed by atoms with Gasteiger partial charge in [-0.25, -0.2) is 8.42 Å². The molecule has 0 fully saturated rings. The largest absolute Gasteiger partial charge is 0.388 e. The Morgan fingerprint density at radius 3 is 2.25 bits per heavy atom. The summed E-state index contributed by atoms with van der Waals surface area (Å²) in [6, 6.07) is 4.60. The van der Waals surface area contributed by atoms with Crippen molar-refractivity contribution in [3.05, 3.63) is 28.2 Å². The van der Waals surface area contributed by atoms with E-state index in [0.29, 0.717) is 36.6 Å². The number of unbranched alkanes of at least 4 members (excludes halogenated alkanes) is 7. The summed E-state index contributed by atoms with van der Waals surface area (Å²) < 4.78 is 28.0. The maximum atomic E-state index is 12.7. The molecule has 0 radical (unpaired) electrons. The predicted octanol–water partition coefficient (Wildman–Crippen LogP) is 5.61. The van der Waals surface area contributed by atoms with E-state index in [9.17, 15) is 18.0 Å². The van der Waals surface area contributed by atoms with E-state index in [4.69, 9.17) is 11.1 Å². The molecule has 1 aromatic rings. The van der Waals surface area contributed by atoms with Crippen molar-refractivity contribution in [1.29, 1.82) is 5.41 Å². The van der Waals surface area contributed by atoms with Crippen molar-refractivity contribution in [2.45, 2.75) is 77.6 Å². The van der Waals surface area contributed by atoms with Gasteiger partial charge in [0, 0.05) is 17.3 Å². The van der Waals surface area contributed by atoms with Crippen molar-refractivity contribution in [3.8, 4) is 0 Å². The molecule has 0 aliphatic rings. The number of sulfonamides is 1. The number of rotatable bonds is 17. The fourth-order valence-electron chi connectivity index (χ4n) is 3.13. The Morgan fingerprint density at radius 1 is 1.00 bits per heavy atom. The molecule has 1 rings (SSSR count). The third kappa shape index (κ3) is 12.6. The molecule has 0 aromatic heterocycles. The van der Waals surface area contributed by atoms with Crippen LogP contribution in [-0.2, 0) is 14.8 Å². The first-order valence-corrected chi connectivity index (χ1v) is 13.3. The molecule has 0 spiro atoms. The molecule has 0 aliphatic carbocycles. The monoisotopic (exact) mass is 551 g/mol. The van der Waals surface area contributed by atoms with Crippen molar-refractivity contribution >= 4 is 61.4 Å². The summed E-state index contributed by atoms with van der Waals surface area (Å²) in [5, 5.41) is 7.19. The average Bonchev–Trinajstić information content (AvgIpc) is 2.70. The third-order valence-corrected chi connectivity index (χ3v) is 6.71. The standard InChI is InChI=1S/C22H34BrN3O4S.ClH/c1-2-3-4-5-6-10-15-31(29,30)26-19-14-13-17(23)16-18(19)22(28)20(27)11-8-7-9-12-21(24)25;/h13-14,16,26H,2-12,15H2,1H3,(H3,24,25);1H. The molecule has 182 valence electrons. The molecule has 32 heavy (non-hydrogen) atoms. The Hall–Kier alpha value is -1.45. The molecule has 4 N–H and O–H groups in total. The normalized spacial score (nSPS) is 10.9. The highest BCUT2D eigenvalue weighted by Crippen LogP contribution is 2.24. The number of ketones is 2. The average molecular weight is 553 g/mol. The number of carbonyl (C=O) groups is 2. The summed E-state index contributed by atoms with van der Waals surface area (Å²) in [6.07, 6.45) is 8.24. The topological polar surface area (TPSA) is 130 Å². The third-order valence-electron chi connectivity index (χ3n) is 4.86. The highest BCUT2D eigenvalue weighted by molar-refractivity contribution is 9.10. The van der Waals surface area contributed by atoms with Crippen LogP contribution in [0.2, 0.25) is 0 Å². The Labute approximate surface area is 206 Å². The van der Waals surface area contributed by atoms with Gasteiger partial charge in [-0.15, -0.1) is 12.4 Å². The Kier molecular flexibility index (Phi) is 15.5. The number of Topliss-reactive ketones (excluding diaryl/α,β-unsaturated/α-hetero) is 2. The van der Waals surface area contributed by atoms with E-state index >= 15 is 0 Å². The molecule has 0 aliphatic heterocycles. The van der Waals surface area contributed by atoms with Gasteiger partial charge in [0.25, 0.3) is 0 Å². The van der Waals surface area contributed by atoms with Gasteiger partial charge < -0.3 is 5.73 Å². The molecule has 0 bridgehead atoms. The lowest BCUT2D eigenvalue weighted by atomic mass is 10.0. The molecule has 10 heteroatoms. The molecule has 0 saturated carbocycles. The maximum absolute atomic E-state index is 12.7. The predicted molar refractivity (Wildman–Crippen MR) is 137 cm³/mol. The zero-order valence-corrected chi connectivity index (χ0v) is 21.8. The molecule has 0 unspecified atom stereocenters. The summed E-state index contributed by atoms with van der Waals surface area (Å²) >= 11 is 3.28. The fourth-order valence-corrected chi connectivity index (χ4v) is 4.69. The number of hydrogen-bond donors (Lipinski definition) is 3. The van der Waals surface area contributed by atoms with E-state index < -0.39 is 21.6 Å². The van der Waals surface area contributed by atoms with Crippen molar-refractivity contribution < 1.29 is 18.0 Å². The van der Waals surface area contributed by atoms with Gasteiger partial charge in [0.05, 0.1) is 22.8 Å². The van der Waals surface area contributed by atoms with Crippen LogP contribution in [0.15, 0.2) is 22.7 Å². The Balaban J connectivity index is 0.00000961. The minimum Gasteiger partial charge on any atom is -0.388 e. The first-order valence-electron chi connectivity index (χ1n) is 10.9. The van der Waals surface area contributed by atoms with Gasteiger partial charge in [0.2, 0.25) is 21.6 Å². The van der Waals surface area contributed by atoms with E-state index in [2.05, 4.69) is 27.6 Å². The number of halogens is 2. The summed E-state index contributed by atoms with van der Waals surface area (Å²) in [7, 11) is -3.62. The number of carbonyl (C=O) groups excluding carboxylic acids is 2. The molecule has 1 aromatic carbocycles. The lowest BCUT2D eigenvalue weighted by molar-refractivity contribution is -0.115. The second kappa shape index (κ2) is 16.2. The molecule has 7 nitrogen and oxygen atoms in total. The lowest BCUT2D eigenvalue weighted by Gasteiger charge is -2.12. The zero-order valence-electron chi connectivity index (χ0n) is 18.6. The molecular formula is C22H35BrClN3O4S. The van der Waals surface area contributed by atoms with Crippen LogP contribution in [0.25, 0.3) is 0 Å². The zero-order chi connectivity index (χ0) is 23.3. The van der Waals surface area contributed by atoms with Gasteiger partial charge in [-0.2, -0.15) is 0 Å². The van der Waals surface area contributed by atoms with Gasteiger partial charge in [0.15, 0.2) is 0 Å².